The van der Waals surface area contributed by atoms with E-state index in [1.807, 2.05) is 0 Å². The molecule has 2 saturated heterocycles. The number of halogens is 3. The number of aliphatic carboxylic acids is 1. The Kier molecular flexibility index (Phi) is 2.05. The van der Waals surface area contributed by atoms with Crippen molar-refractivity contribution >= 4 is 5.97 Å². The largest absolute Gasteiger partial charge is 0.481 e. The van der Waals surface area contributed by atoms with Crippen LogP contribution in [0.25, 0.3) is 0 Å². The Labute approximate surface area is 84.2 Å². The third-order valence-electron chi connectivity index (χ3n) is 3.61. The van der Waals surface area contributed by atoms with Crippen LogP contribution in [0.3, 0.4) is 0 Å². The van der Waals surface area contributed by atoms with Gasteiger partial charge >= 0.3 is 12.1 Å². The second-order valence-corrected chi connectivity index (χ2v) is 4.37. The minimum absolute atomic E-state index is 0.0574. The quantitative estimate of drug-likeness (QED) is 0.740. The Morgan fingerprint density at radius 1 is 1.20 bits per heavy atom. The fraction of sp³-hybridized carbons (Fsp3) is 0.889. The van der Waals surface area contributed by atoms with E-state index in [1.54, 1.807) is 0 Å². The summed E-state index contributed by atoms with van der Waals surface area (Å²) in [4.78, 5) is 10.9. The van der Waals surface area contributed by atoms with E-state index in [9.17, 15) is 18.0 Å². The number of hydrogen-bond acceptors (Lipinski definition) is 2. The van der Waals surface area contributed by atoms with Crippen LogP contribution in [0.4, 0.5) is 13.2 Å². The number of carboxylic acid groups (broad SMARTS) is 1. The van der Waals surface area contributed by atoms with Gasteiger partial charge in [-0.2, -0.15) is 13.2 Å². The highest BCUT2D eigenvalue weighted by Crippen LogP contribution is 2.54. The fourth-order valence-corrected chi connectivity index (χ4v) is 2.34. The first kappa shape index (κ1) is 10.7. The molecular formula is C9H11F3O3. The van der Waals surface area contributed by atoms with Crippen molar-refractivity contribution in [2.45, 2.75) is 37.5 Å². The molecule has 1 saturated carbocycles. The van der Waals surface area contributed by atoms with Crippen LogP contribution < -0.4 is 0 Å². The molecule has 0 atom stereocenters. The summed E-state index contributed by atoms with van der Waals surface area (Å²) in [5.41, 5.74) is -3.16. The fourth-order valence-electron chi connectivity index (χ4n) is 2.34. The number of alkyl halides is 3. The molecule has 2 aliphatic heterocycles. The van der Waals surface area contributed by atoms with Crippen molar-refractivity contribution in [3.63, 3.8) is 0 Å². The molecule has 2 bridgehead atoms. The first-order valence-corrected chi connectivity index (χ1v) is 4.76. The minimum Gasteiger partial charge on any atom is -0.481 e. The summed E-state index contributed by atoms with van der Waals surface area (Å²) in [6.45, 7) is -0.318. The van der Waals surface area contributed by atoms with Crippen LogP contribution in [-0.4, -0.2) is 29.5 Å². The zero-order valence-electron chi connectivity index (χ0n) is 7.93. The van der Waals surface area contributed by atoms with Crippen molar-refractivity contribution in [2.75, 3.05) is 6.61 Å². The summed E-state index contributed by atoms with van der Waals surface area (Å²) in [5, 5.41) is 8.94. The van der Waals surface area contributed by atoms with Crippen molar-refractivity contribution < 1.29 is 27.8 Å². The predicted molar refractivity (Wildman–Crippen MR) is 43.3 cm³/mol. The van der Waals surface area contributed by atoms with Gasteiger partial charge in [0.05, 0.1) is 12.0 Å². The number of rotatable bonds is 1. The van der Waals surface area contributed by atoms with Crippen LogP contribution >= 0.6 is 0 Å². The Morgan fingerprint density at radius 2 is 1.73 bits per heavy atom. The molecule has 0 unspecified atom stereocenters. The van der Waals surface area contributed by atoms with Gasteiger partial charge < -0.3 is 9.84 Å². The molecule has 2 heterocycles. The van der Waals surface area contributed by atoms with Crippen molar-refractivity contribution in [2.24, 2.45) is 5.41 Å². The molecule has 3 fully saturated rings. The molecule has 0 amide bonds. The normalized spacial score (nSPS) is 40.5. The van der Waals surface area contributed by atoms with Gasteiger partial charge in [-0.3, -0.25) is 4.79 Å². The van der Waals surface area contributed by atoms with Crippen molar-refractivity contribution in [1.82, 2.24) is 0 Å². The van der Waals surface area contributed by atoms with Crippen molar-refractivity contribution in [1.29, 1.82) is 0 Å². The summed E-state index contributed by atoms with van der Waals surface area (Å²) in [6.07, 6.45) is -4.74. The van der Waals surface area contributed by atoms with E-state index in [4.69, 9.17) is 9.84 Å². The first-order chi connectivity index (χ1) is 6.81. The van der Waals surface area contributed by atoms with E-state index in [0.29, 0.717) is 0 Å². The Balaban J connectivity index is 2.21. The Morgan fingerprint density at radius 3 is 2.00 bits per heavy atom. The van der Waals surface area contributed by atoms with Gasteiger partial charge in [-0.05, 0) is 25.7 Å². The number of ether oxygens (including phenoxy) is 1. The molecule has 1 aliphatic carbocycles. The second kappa shape index (κ2) is 2.87. The van der Waals surface area contributed by atoms with E-state index >= 15 is 0 Å². The van der Waals surface area contributed by atoms with Crippen molar-refractivity contribution in [3.8, 4) is 0 Å². The van der Waals surface area contributed by atoms with Crippen LogP contribution in [0, 0.1) is 5.41 Å². The molecule has 86 valence electrons. The average molecular weight is 224 g/mol. The molecule has 3 rings (SSSR count). The van der Waals surface area contributed by atoms with Gasteiger partial charge in [0.25, 0.3) is 0 Å². The van der Waals surface area contributed by atoms with E-state index in [-0.39, 0.29) is 32.3 Å². The van der Waals surface area contributed by atoms with E-state index in [2.05, 4.69) is 0 Å². The molecule has 0 aromatic rings. The van der Waals surface area contributed by atoms with Gasteiger partial charge in [0.2, 0.25) is 0 Å². The van der Waals surface area contributed by atoms with Gasteiger partial charge in [-0.15, -0.1) is 0 Å². The third-order valence-corrected chi connectivity index (χ3v) is 3.61. The molecular weight excluding hydrogens is 213 g/mol. The maximum absolute atomic E-state index is 12.7. The summed E-state index contributed by atoms with van der Waals surface area (Å²) < 4.78 is 42.8. The lowest BCUT2D eigenvalue weighted by Crippen LogP contribution is -2.60. The van der Waals surface area contributed by atoms with Crippen LogP contribution in [-0.2, 0) is 9.53 Å². The number of fused-ring (bicyclic) bond motifs is 3. The van der Waals surface area contributed by atoms with Crippen LogP contribution in [0.2, 0.25) is 0 Å². The summed E-state index contributed by atoms with van der Waals surface area (Å²) in [7, 11) is 0. The third kappa shape index (κ3) is 1.34. The predicted octanol–water partition coefficient (Wildman–Crippen LogP) is 1.96. The number of hydrogen-bond donors (Lipinski definition) is 1. The highest BCUT2D eigenvalue weighted by molar-refractivity contribution is 5.75. The molecule has 0 aromatic carbocycles. The summed E-state index contributed by atoms with van der Waals surface area (Å²) >= 11 is 0. The van der Waals surface area contributed by atoms with Gasteiger partial charge in [-0.1, -0.05) is 0 Å². The van der Waals surface area contributed by atoms with Crippen LogP contribution in [0.15, 0.2) is 0 Å². The average Bonchev–Trinajstić information content (AvgIpc) is 2.19. The highest BCUT2D eigenvalue weighted by Gasteiger charge is 2.64. The second-order valence-electron chi connectivity index (χ2n) is 4.37. The highest BCUT2D eigenvalue weighted by atomic mass is 19.4. The Bertz CT molecular complexity index is 273. The molecule has 1 N–H and O–H groups in total. The monoisotopic (exact) mass is 224 g/mol. The van der Waals surface area contributed by atoms with E-state index in [1.165, 1.54) is 0 Å². The molecule has 0 aromatic heterocycles. The minimum atomic E-state index is -4.39. The SMILES string of the molecule is O=C(O)C12CCC(C(F)(F)F)(CC1)OC2. The van der Waals surface area contributed by atoms with E-state index in [0.717, 1.165) is 0 Å². The van der Waals surface area contributed by atoms with Gasteiger partial charge in [0.15, 0.2) is 5.60 Å². The molecule has 6 heteroatoms. The van der Waals surface area contributed by atoms with Gasteiger partial charge in [-0.25, -0.2) is 0 Å². The Hall–Kier alpha value is -0.780. The lowest BCUT2D eigenvalue weighted by Gasteiger charge is -2.51. The first-order valence-electron chi connectivity index (χ1n) is 4.76. The van der Waals surface area contributed by atoms with Crippen molar-refractivity contribution in [3.05, 3.63) is 0 Å². The lowest BCUT2D eigenvalue weighted by molar-refractivity contribution is -0.324. The molecule has 3 nitrogen and oxygen atoms in total. The lowest BCUT2D eigenvalue weighted by atomic mass is 9.66. The summed E-state index contributed by atoms with van der Waals surface area (Å²) in [5.74, 6) is -1.04. The van der Waals surface area contributed by atoms with E-state index < -0.39 is 23.2 Å². The summed E-state index contributed by atoms with van der Waals surface area (Å²) in [6, 6.07) is 0. The standard InChI is InChI=1S/C9H11F3O3/c10-9(11,12)8-3-1-7(2-4-8,5-15-8)6(13)14/h1-5H2,(H,13,14). The topological polar surface area (TPSA) is 46.5 Å². The van der Waals surface area contributed by atoms with Crippen LogP contribution in [0.5, 0.6) is 0 Å². The molecule has 15 heavy (non-hydrogen) atoms. The number of carboxylic acids is 1. The number of carbonyl (C=O) groups is 1. The molecule has 0 spiro atoms. The zero-order chi connectivity index (χ0) is 11.3. The maximum atomic E-state index is 12.7. The molecule has 0 radical (unpaired) electrons. The van der Waals surface area contributed by atoms with Gasteiger partial charge in [0, 0.05) is 0 Å². The zero-order valence-corrected chi connectivity index (χ0v) is 7.93. The van der Waals surface area contributed by atoms with Gasteiger partial charge in [0.1, 0.15) is 0 Å². The smallest absolute Gasteiger partial charge is 0.417 e. The van der Waals surface area contributed by atoms with Crippen LogP contribution in [0.1, 0.15) is 25.7 Å². The molecule has 3 aliphatic rings. The maximum Gasteiger partial charge on any atom is 0.417 e.